The summed E-state index contributed by atoms with van der Waals surface area (Å²) in [6, 6.07) is 9.34. The second kappa shape index (κ2) is 6.60. The predicted octanol–water partition coefficient (Wildman–Crippen LogP) is 4.64. The van der Waals surface area contributed by atoms with Gasteiger partial charge in [0.15, 0.2) is 0 Å². The highest BCUT2D eigenvalue weighted by Gasteiger charge is 2.15. The summed E-state index contributed by atoms with van der Waals surface area (Å²) < 4.78 is 4.74. The first kappa shape index (κ1) is 15.8. The number of hydrogen-bond donors (Lipinski definition) is 1. The number of halogens is 2. The van der Waals surface area contributed by atoms with Crippen molar-refractivity contribution in [2.75, 3.05) is 7.11 Å². The van der Waals surface area contributed by atoms with Crippen molar-refractivity contribution >= 4 is 40.1 Å². The molecule has 3 rings (SSSR count). The van der Waals surface area contributed by atoms with Crippen molar-refractivity contribution in [3.8, 4) is 11.3 Å². The second-order valence-corrected chi connectivity index (χ2v) is 5.94. The fourth-order valence-electron chi connectivity index (χ4n) is 2.58. The molecule has 2 heterocycles. The minimum absolute atomic E-state index is 0.249. The number of pyridine rings is 1. The largest absolute Gasteiger partial charge is 0.469 e. The molecule has 0 atom stereocenters. The maximum atomic E-state index is 11.5. The van der Waals surface area contributed by atoms with Crippen LogP contribution in [-0.2, 0) is 16.0 Å². The highest BCUT2D eigenvalue weighted by molar-refractivity contribution is 6.30. The number of aryl methyl sites for hydroxylation is 1. The molecule has 0 aliphatic carbocycles. The first-order chi connectivity index (χ1) is 11.1. The first-order valence-electron chi connectivity index (χ1n) is 7.07. The summed E-state index contributed by atoms with van der Waals surface area (Å²) in [4.78, 5) is 19.0. The number of fused-ring (bicyclic) bond motifs is 1. The Kier molecular flexibility index (Phi) is 4.55. The molecule has 118 valence electrons. The molecule has 0 bridgehead atoms. The lowest BCUT2D eigenvalue weighted by Gasteiger charge is -2.05. The Balaban J connectivity index is 2.11. The number of aromatic amines is 1. The molecule has 0 fully saturated rings. The summed E-state index contributed by atoms with van der Waals surface area (Å²) in [6.45, 7) is 0. The van der Waals surface area contributed by atoms with Gasteiger partial charge in [0, 0.05) is 22.5 Å². The summed E-state index contributed by atoms with van der Waals surface area (Å²) in [5.74, 6) is -0.249. The molecule has 6 heteroatoms. The van der Waals surface area contributed by atoms with Crippen LogP contribution >= 0.6 is 23.2 Å². The standard InChI is InChI=1S/C17H14Cl2N2O2/c1-23-16(22)7-6-12-13-8-15(19)20-9-14(13)21-17(12)10-2-4-11(18)5-3-10/h2-5,8-9,21H,6-7H2,1H3. The molecule has 0 spiro atoms. The maximum Gasteiger partial charge on any atom is 0.305 e. The Hall–Kier alpha value is -2.04. The van der Waals surface area contributed by atoms with Gasteiger partial charge in [0.05, 0.1) is 18.8 Å². The van der Waals surface area contributed by atoms with Crippen LogP contribution in [-0.4, -0.2) is 23.0 Å². The first-order valence-corrected chi connectivity index (χ1v) is 7.83. The molecule has 0 unspecified atom stereocenters. The van der Waals surface area contributed by atoms with Crippen LogP contribution in [0.15, 0.2) is 36.5 Å². The molecule has 4 nitrogen and oxygen atoms in total. The maximum absolute atomic E-state index is 11.5. The Bertz CT molecular complexity index is 857. The molecular weight excluding hydrogens is 335 g/mol. The van der Waals surface area contributed by atoms with Gasteiger partial charge in [0.25, 0.3) is 0 Å². The molecule has 0 saturated heterocycles. The zero-order valence-electron chi connectivity index (χ0n) is 12.4. The van der Waals surface area contributed by atoms with Crippen LogP contribution in [0.2, 0.25) is 10.2 Å². The average molecular weight is 349 g/mol. The predicted molar refractivity (Wildman–Crippen MR) is 91.9 cm³/mol. The number of H-pyrrole nitrogens is 1. The highest BCUT2D eigenvalue weighted by Crippen LogP contribution is 2.32. The van der Waals surface area contributed by atoms with E-state index in [0.29, 0.717) is 23.0 Å². The smallest absolute Gasteiger partial charge is 0.305 e. The van der Waals surface area contributed by atoms with Crippen molar-refractivity contribution in [2.45, 2.75) is 12.8 Å². The third kappa shape index (κ3) is 3.33. The van der Waals surface area contributed by atoms with Crippen LogP contribution in [0.5, 0.6) is 0 Å². The van der Waals surface area contributed by atoms with Crippen molar-refractivity contribution < 1.29 is 9.53 Å². The number of benzene rings is 1. The van der Waals surface area contributed by atoms with Gasteiger partial charge in [-0.3, -0.25) is 4.79 Å². The van der Waals surface area contributed by atoms with Crippen LogP contribution in [0.25, 0.3) is 22.2 Å². The van der Waals surface area contributed by atoms with E-state index in [1.165, 1.54) is 7.11 Å². The Labute approximate surface area is 143 Å². The van der Waals surface area contributed by atoms with Gasteiger partial charge in [0.2, 0.25) is 0 Å². The molecule has 1 aromatic carbocycles. The molecule has 0 aliphatic heterocycles. The van der Waals surface area contributed by atoms with E-state index in [-0.39, 0.29) is 5.97 Å². The van der Waals surface area contributed by atoms with Crippen LogP contribution in [0.1, 0.15) is 12.0 Å². The number of esters is 1. The minimum Gasteiger partial charge on any atom is -0.469 e. The van der Waals surface area contributed by atoms with E-state index < -0.39 is 0 Å². The van der Waals surface area contributed by atoms with Crippen LogP contribution < -0.4 is 0 Å². The molecule has 0 aliphatic rings. The van der Waals surface area contributed by atoms with Crippen molar-refractivity contribution in [1.82, 2.24) is 9.97 Å². The summed E-state index contributed by atoms with van der Waals surface area (Å²) in [5, 5.41) is 2.04. The van der Waals surface area contributed by atoms with Crippen LogP contribution in [0.4, 0.5) is 0 Å². The number of ether oxygens (including phenoxy) is 1. The fraction of sp³-hybridized carbons (Fsp3) is 0.176. The lowest BCUT2D eigenvalue weighted by Crippen LogP contribution is -2.02. The summed E-state index contributed by atoms with van der Waals surface area (Å²) in [6.07, 6.45) is 2.54. The Morgan fingerprint density at radius 1 is 1.26 bits per heavy atom. The number of nitrogens with one attached hydrogen (secondary N) is 1. The van der Waals surface area contributed by atoms with Crippen LogP contribution in [0, 0.1) is 0 Å². The quantitative estimate of drug-likeness (QED) is 0.551. The normalized spacial score (nSPS) is 10.9. The van der Waals surface area contributed by atoms with Gasteiger partial charge in [-0.2, -0.15) is 0 Å². The lowest BCUT2D eigenvalue weighted by atomic mass is 10.0. The van der Waals surface area contributed by atoms with E-state index in [4.69, 9.17) is 27.9 Å². The third-order valence-corrected chi connectivity index (χ3v) is 4.16. The number of hydrogen-bond acceptors (Lipinski definition) is 3. The van der Waals surface area contributed by atoms with Gasteiger partial charge in [-0.25, -0.2) is 4.98 Å². The zero-order chi connectivity index (χ0) is 16.4. The van der Waals surface area contributed by atoms with Crippen molar-refractivity contribution in [3.05, 3.63) is 52.3 Å². The number of nitrogens with zero attached hydrogens (tertiary/aromatic N) is 1. The van der Waals surface area contributed by atoms with Gasteiger partial charge in [-0.05, 0) is 35.7 Å². The van der Waals surface area contributed by atoms with Crippen molar-refractivity contribution in [1.29, 1.82) is 0 Å². The third-order valence-electron chi connectivity index (χ3n) is 3.70. The lowest BCUT2D eigenvalue weighted by molar-refractivity contribution is -0.140. The zero-order valence-corrected chi connectivity index (χ0v) is 13.9. The summed E-state index contributed by atoms with van der Waals surface area (Å²) >= 11 is 12.0. The SMILES string of the molecule is COC(=O)CCc1c(-c2ccc(Cl)cc2)[nH]c2cnc(Cl)cc12. The highest BCUT2D eigenvalue weighted by atomic mass is 35.5. The molecule has 0 amide bonds. The number of aromatic nitrogens is 2. The van der Waals surface area contributed by atoms with Crippen LogP contribution in [0.3, 0.4) is 0 Å². The van der Waals surface area contributed by atoms with Crippen molar-refractivity contribution in [2.24, 2.45) is 0 Å². The number of rotatable bonds is 4. The summed E-state index contributed by atoms with van der Waals surface area (Å²) in [5.41, 5.74) is 3.81. The molecule has 0 radical (unpaired) electrons. The van der Waals surface area contributed by atoms with Crippen molar-refractivity contribution in [3.63, 3.8) is 0 Å². The Morgan fingerprint density at radius 2 is 2.00 bits per heavy atom. The molecule has 0 saturated carbocycles. The average Bonchev–Trinajstić information content (AvgIpc) is 2.91. The second-order valence-electron chi connectivity index (χ2n) is 5.11. The van der Waals surface area contributed by atoms with Gasteiger partial charge < -0.3 is 9.72 Å². The van der Waals surface area contributed by atoms with E-state index in [1.807, 2.05) is 24.3 Å². The van der Waals surface area contributed by atoms with Gasteiger partial charge in [-0.15, -0.1) is 0 Å². The van der Waals surface area contributed by atoms with E-state index in [9.17, 15) is 4.79 Å². The number of carbonyl (C=O) groups excluding carboxylic acids is 1. The van der Waals surface area contributed by atoms with Gasteiger partial charge in [-0.1, -0.05) is 35.3 Å². The fourth-order valence-corrected chi connectivity index (χ4v) is 2.86. The minimum atomic E-state index is -0.249. The van der Waals surface area contributed by atoms with E-state index in [0.717, 1.165) is 27.7 Å². The topological polar surface area (TPSA) is 55.0 Å². The molecular formula is C17H14Cl2N2O2. The molecule has 1 N–H and O–H groups in total. The number of carbonyl (C=O) groups is 1. The number of methoxy groups -OCH3 is 1. The van der Waals surface area contributed by atoms with E-state index in [1.54, 1.807) is 12.3 Å². The Morgan fingerprint density at radius 3 is 2.70 bits per heavy atom. The van der Waals surface area contributed by atoms with E-state index in [2.05, 4.69) is 9.97 Å². The molecule has 23 heavy (non-hydrogen) atoms. The van der Waals surface area contributed by atoms with E-state index >= 15 is 0 Å². The van der Waals surface area contributed by atoms with Gasteiger partial charge in [0.1, 0.15) is 5.15 Å². The monoisotopic (exact) mass is 348 g/mol. The van der Waals surface area contributed by atoms with Gasteiger partial charge >= 0.3 is 5.97 Å². The molecule has 2 aromatic heterocycles. The summed E-state index contributed by atoms with van der Waals surface area (Å²) in [7, 11) is 1.39. The molecule has 3 aromatic rings.